The number of thioether (sulfide) groups is 1. The van der Waals surface area contributed by atoms with Gasteiger partial charge in [0.2, 0.25) is 5.91 Å². The van der Waals surface area contributed by atoms with Crippen LogP contribution >= 0.6 is 11.8 Å². The molecule has 4 aliphatic rings. The smallest absolute Gasteiger partial charge is 0.352 e. The Balaban J connectivity index is 1.65. The number of carboxylic acids is 1. The van der Waals surface area contributed by atoms with Gasteiger partial charge in [-0.3, -0.25) is 23.8 Å². The molecule has 0 radical (unpaired) electrons. The van der Waals surface area contributed by atoms with Crippen LogP contribution in [0.2, 0.25) is 0 Å². The van der Waals surface area contributed by atoms with Crippen LogP contribution in [0.5, 0.6) is 0 Å². The molecule has 0 spiro atoms. The molecule has 0 aromatic rings. The highest BCUT2D eigenvalue weighted by molar-refractivity contribution is 8.00. The van der Waals surface area contributed by atoms with Gasteiger partial charge in [-0.1, -0.05) is 0 Å². The molecule has 4 rings (SSSR count). The highest BCUT2D eigenvalue weighted by Gasteiger charge is 2.67. The first kappa shape index (κ1) is 25.9. The Hall–Kier alpha value is -3.14. The molecule has 0 aromatic carbocycles. The quantitative estimate of drug-likeness (QED) is 0.162. The maximum atomic E-state index is 13.3. The SMILES string of the molecule is COC1(NC(=O)C(C2=C3C=COC=C3CC2)S(=O)(=O)O)C(=O)N2C(C(=O)O)=C(COC(C)=O)CSC21. The predicted octanol–water partition coefficient (Wildman–Crippen LogP) is 0.0368. The van der Waals surface area contributed by atoms with Gasteiger partial charge in [0.25, 0.3) is 21.8 Å². The second-order valence-electron chi connectivity index (χ2n) is 8.22. The molecule has 36 heavy (non-hydrogen) atoms. The first-order valence-electron chi connectivity index (χ1n) is 10.5. The lowest BCUT2D eigenvalue weighted by Crippen LogP contribution is -2.81. The Morgan fingerprint density at radius 2 is 2.08 bits per heavy atom. The van der Waals surface area contributed by atoms with Gasteiger partial charge in [0, 0.05) is 25.4 Å². The maximum Gasteiger partial charge on any atom is 0.352 e. The molecule has 2 amide bonds. The number of hydrogen-bond donors (Lipinski definition) is 3. The lowest BCUT2D eigenvalue weighted by atomic mass is 9.97. The maximum absolute atomic E-state index is 13.3. The molecule has 0 saturated carbocycles. The van der Waals surface area contributed by atoms with Crippen molar-refractivity contribution >= 4 is 45.6 Å². The number of aliphatic carboxylic acids is 1. The standard InChI is InChI=1S/C21H22N2O11S2/c1-10(24)34-8-12-9-35-20-21(32-2,19(28)23(20)15(12)18(26)27)22-17(25)16(36(29,30)31)14-4-3-11-7-33-6-5-13(11)14/h5-7,16,20H,3-4,8-9H2,1-2H3,(H,22,25)(H,26,27)(H,29,30,31). The van der Waals surface area contributed by atoms with Gasteiger partial charge in [0.05, 0.1) is 12.5 Å². The second-order valence-corrected chi connectivity index (χ2v) is 10.8. The van der Waals surface area contributed by atoms with Crippen LogP contribution in [-0.2, 0) is 43.5 Å². The van der Waals surface area contributed by atoms with Gasteiger partial charge in [-0.05, 0) is 35.6 Å². The summed E-state index contributed by atoms with van der Waals surface area (Å²) < 4.78 is 49.9. The summed E-state index contributed by atoms with van der Waals surface area (Å²) in [6, 6.07) is 0. The zero-order chi connectivity index (χ0) is 26.4. The van der Waals surface area contributed by atoms with Gasteiger partial charge in [0.1, 0.15) is 17.7 Å². The third-order valence-electron chi connectivity index (χ3n) is 6.12. The number of allylic oxidation sites excluding steroid dienone is 3. The van der Waals surface area contributed by atoms with Crippen molar-refractivity contribution in [2.75, 3.05) is 19.5 Å². The van der Waals surface area contributed by atoms with Gasteiger partial charge in [-0.15, -0.1) is 11.8 Å². The highest BCUT2D eigenvalue weighted by atomic mass is 32.2. The molecule has 3 N–H and O–H groups in total. The number of carbonyl (C=O) groups is 4. The minimum absolute atomic E-state index is 0.0281. The largest absolute Gasteiger partial charge is 0.477 e. The van der Waals surface area contributed by atoms with Gasteiger partial charge >= 0.3 is 11.9 Å². The molecule has 1 fully saturated rings. The molecule has 3 atom stereocenters. The summed E-state index contributed by atoms with van der Waals surface area (Å²) in [5.41, 5.74) is -1.12. The van der Waals surface area contributed by atoms with E-state index >= 15 is 0 Å². The van der Waals surface area contributed by atoms with E-state index in [1.165, 1.54) is 18.6 Å². The normalized spacial score (nSPS) is 25.9. The minimum Gasteiger partial charge on any atom is -0.477 e. The Bertz CT molecular complexity index is 1280. The Kier molecular flexibility index (Phi) is 6.76. The number of β-lactam (4-membered cyclic amide) rings is 1. The predicted molar refractivity (Wildman–Crippen MR) is 122 cm³/mol. The molecule has 3 aliphatic heterocycles. The van der Waals surface area contributed by atoms with E-state index in [1.807, 2.05) is 0 Å². The van der Waals surface area contributed by atoms with Crippen molar-refractivity contribution < 1.29 is 51.5 Å². The van der Waals surface area contributed by atoms with E-state index < -0.39 is 55.9 Å². The minimum atomic E-state index is -4.97. The van der Waals surface area contributed by atoms with Crippen LogP contribution in [0.25, 0.3) is 0 Å². The third kappa shape index (κ3) is 4.21. The van der Waals surface area contributed by atoms with Crippen molar-refractivity contribution in [1.82, 2.24) is 10.2 Å². The van der Waals surface area contributed by atoms with Gasteiger partial charge < -0.3 is 24.6 Å². The van der Waals surface area contributed by atoms with Crippen molar-refractivity contribution in [3.8, 4) is 0 Å². The summed E-state index contributed by atoms with van der Waals surface area (Å²) >= 11 is 1.03. The van der Waals surface area contributed by atoms with Crippen LogP contribution in [0.15, 0.2) is 46.6 Å². The van der Waals surface area contributed by atoms with Crippen molar-refractivity contribution in [2.24, 2.45) is 0 Å². The molecule has 15 heteroatoms. The average molecular weight is 543 g/mol. The fraction of sp³-hybridized carbons (Fsp3) is 0.429. The molecule has 194 valence electrons. The molecule has 1 aliphatic carbocycles. The summed E-state index contributed by atoms with van der Waals surface area (Å²) in [5, 5.41) is 8.93. The van der Waals surface area contributed by atoms with Crippen LogP contribution in [0, 0.1) is 0 Å². The first-order chi connectivity index (χ1) is 16.9. The number of methoxy groups -OCH3 is 1. The van der Waals surface area contributed by atoms with Crippen LogP contribution in [0.4, 0.5) is 0 Å². The summed E-state index contributed by atoms with van der Waals surface area (Å²) in [7, 11) is -3.86. The fourth-order valence-corrected chi connectivity index (χ4v) is 6.90. The second kappa shape index (κ2) is 9.38. The van der Waals surface area contributed by atoms with E-state index in [9.17, 15) is 37.3 Å². The number of rotatable bonds is 8. The van der Waals surface area contributed by atoms with Crippen molar-refractivity contribution in [3.05, 3.63) is 46.6 Å². The van der Waals surface area contributed by atoms with Crippen LogP contribution in [0.1, 0.15) is 19.8 Å². The summed E-state index contributed by atoms with van der Waals surface area (Å²) in [6.07, 6.45) is 4.73. The Labute approximate surface area is 209 Å². The molecule has 3 heterocycles. The van der Waals surface area contributed by atoms with Crippen molar-refractivity contribution in [3.63, 3.8) is 0 Å². The third-order valence-corrected chi connectivity index (χ3v) is 8.59. The van der Waals surface area contributed by atoms with E-state index in [1.54, 1.807) is 0 Å². The van der Waals surface area contributed by atoms with E-state index in [2.05, 4.69) is 5.32 Å². The number of esters is 1. The lowest BCUT2D eigenvalue weighted by Gasteiger charge is -2.55. The molecule has 1 saturated heterocycles. The molecule has 3 unspecified atom stereocenters. The van der Waals surface area contributed by atoms with Crippen molar-refractivity contribution in [1.29, 1.82) is 0 Å². The number of ether oxygens (including phenoxy) is 3. The average Bonchev–Trinajstić information content (AvgIpc) is 3.22. The van der Waals surface area contributed by atoms with E-state index in [0.29, 0.717) is 17.6 Å². The summed E-state index contributed by atoms with van der Waals surface area (Å²) in [5.74, 6) is -4.23. The monoisotopic (exact) mass is 542 g/mol. The summed E-state index contributed by atoms with van der Waals surface area (Å²) in [6.45, 7) is 0.808. The Morgan fingerprint density at radius 1 is 1.36 bits per heavy atom. The number of nitrogens with one attached hydrogen (secondary N) is 1. The zero-order valence-electron chi connectivity index (χ0n) is 19.0. The molecular formula is C21H22N2O11S2. The molecular weight excluding hydrogens is 520 g/mol. The van der Waals surface area contributed by atoms with Crippen LogP contribution < -0.4 is 5.32 Å². The molecule has 13 nitrogen and oxygen atoms in total. The van der Waals surface area contributed by atoms with Gasteiger partial charge in [0.15, 0.2) is 5.25 Å². The Morgan fingerprint density at radius 3 is 2.69 bits per heavy atom. The van der Waals surface area contributed by atoms with Crippen LogP contribution in [0.3, 0.4) is 0 Å². The fourth-order valence-electron chi connectivity index (χ4n) is 4.55. The van der Waals surface area contributed by atoms with E-state index in [4.69, 9.17) is 14.2 Å². The highest BCUT2D eigenvalue weighted by Crippen LogP contribution is 2.47. The number of nitrogens with zero attached hydrogens (tertiary/aromatic N) is 1. The van der Waals surface area contributed by atoms with E-state index in [-0.39, 0.29) is 29.9 Å². The molecule has 0 aromatic heterocycles. The van der Waals surface area contributed by atoms with Gasteiger partial charge in [-0.2, -0.15) is 8.42 Å². The van der Waals surface area contributed by atoms with Crippen molar-refractivity contribution in [2.45, 2.75) is 36.1 Å². The lowest BCUT2D eigenvalue weighted by molar-refractivity contribution is -0.192. The topological polar surface area (TPSA) is 186 Å². The zero-order valence-corrected chi connectivity index (χ0v) is 20.7. The first-order valence-corrected chi connectivity index (χ1v) is 13.1. The van der Waals surface area contributed by atoms with Crippen LogP contribution in [-0.4, -0.2) is 82.5 Å². The molecule has 0 bridgehead atoms. The number of carbonyl (C=O) groups excluding carboxylic acids is 3. The number of carboxylic acid groups (broad SMARTS) is 1. The van der Waals surface area contributed by atoms with Gasteiger partial charge in [-0.25, -0.2) is 4.79 Å². The van der Waals surface area contributed by atoms with E-state index in [0.717, 1.165) is 30.7 Å². The number of fused-ring (bicyclic) bond motifs is 2. The number of hydrogen-bond acceptors (Lipinski definition) is 10. The number of amides is 2. The summed E-state index contributed by atoms with van der Waals surface area (Å²) in [4.78, 5) is 50.5.